The number of aliphatic imine (C=N–C) groups is 1. The van der Waals surface area contributed by atoms with Gasteiger partial charge in [0.25, 0.3) is 5.91 Å². The van der Waals surface area contributed by atoms with Gasteiger partial charge in [0.2, 0.25) is 5.91 Å². The Morgan fingerprint density at radius 3 is 2.64 bits per heavy atom. The van der Waals surface area contributed by atoms with Crippen molar-refractivity contribution in [3.05, 3.63) is 58.7 Å². The van der Waals surface area contributed by atoms with Gasteiger partial charge in [-0.2, -0.15) is 0 Å². The highest BCUT2D eigenvalue weighted by Crippen LogP contribution is 2.46. The van der Waals surface area contributed by atoms with Crippen molar-refractivity contribution in [1.29, 1.82) is 0 Å². The van der Waals surface area contributed by atoms with Crippen LogP contribution in [0.4, 0.5) is 4.39 Å². The maximum atomic E-state index is 15.6. The summed E-state index contributed by atoms with van der Waals surface area (Å²) in [4.78, 5) is 35.5. The number of thiophene rings is 1. The fourth-order valence-corrected chi connectivity index (χ4v) is 6.64. The molecule has 2 aromatic carbocycles. The lowest BCUT2D eigenvalue weighted by atomic mass is 10.0. The molecule has 0 N–H and O–H groups in total. The van der Waals surface area contributed by atoms with Crippen LogP contribution >= 0.6 is 11.3 Å². The highest BCUT2D eigenvalue weighted by atomic mass is 32.1. The molecule has 36 heavy (non-hydrogen) atoms. The van der Waals surface area contributed by atoms with E-state index in [2.05, 4.69) is 25.1 Å². The predicted octanol–water partition coefficient (Wildman–Crippen LogP) is 5.40. The van der Waals surface area contributed by atoms with Gasteiger partial charge in [-0.15, -0.1) is 11.3 Å². The van der Waals surface area contributed by atoms with Gasteiger partial charge in [0.15, 0.2) is 0 Å². The van der Waals surface area contributed by atoms with Crippen molar-refractivity contribution in [2.45, 2.75) is 44.6 Å². The minimum Gasteiger partial charge on any atom is -0.342 e. The number of fused-ring (bicyclic) bond motifs is 1. The van der Waals surface area contributed by atoms with Crippen molar-refractivity contribution in [3.8, 4) is 11.1 Å². The van der Waals surface area contributed by atoms with Crippen molar-refractivity contribution < 1.29 is 14.0 Å². The monoisotopic (exact) mass is 501 g/mol. The molecule has 1 spiro atoms. The average Bonchev–Trinajstić information content (AvgIpc) is 3.76. The summed E-state index contributed by atoms with van der Waals surface area (Å²) >= 11 is 1.75. The second-order valence-electron chi connectivity index (χ2n) is 10.9. The number of halogens is 1. The van der Waals surface area contributed by atoms with Crippen LogP contribution in [0.15, 0.2) is 47.5 Å². The molecule has 0 bridgehead atoms. The third-order valence-electron chi connectivity index (χ3n) is 8.09. The molecule has 1 saturated heterocycles. The molecule has 2 saturated carbocycles. The van der Waals surface area contributed by atoms with Gasteiger partial charge in [-0.1, -0.05) is 12.1 Å². The van der Waals surface area contributed by atoms with Crippen LogP contribution in [0.25, 0.3) is 21.2 Å². The summed E-state index contributed by atoms with van der Waals surface area (Å²) in [6, 6.07) is 13.6. The fourth-order valence-electron chi connectivity index (χ4n) is 5.74. The third-order valence-corrected chi connectivity index (χ3v) is 9.12. The zero-order valence-corrected chi connectivity index (χ0v) is 21.1. The molecule has 1 atom stereocenters. The topological polar surface area (TPSA) is 53.0 Å². The first-order valence-electron chi connectivity index (χ1n) is 12.9. The quantitative estimate of drug-likeness (QED) is 0.470. The molecule has 184 valence electrons. The lowest BCUT2D eigenvalue weighted by molar-refractivity contribution is -0.131. The van der Waals surface area contributed by atoms with Gasteiger partial charge in [-0.25, -0.2) is 4.39 Å². The molecule has 1 unspecified atom stereocenters. The summed E-state index contributed by atoms with van der Waals surface area (Å²) in [6.07, 6.45) is 4.32. The Morgan fingerprint density at radius 1 is 1.11 bits per heavy atom. The smallest absolute Gasteiger partial charge is 0.256 e. The second kappa shape index (κ2) is 7.97. The van der Waals surface area contributed by atoms with E-state index in [0.717, 1.165) is 55.2 Å². The molecule has 3 aromatic rings. The largest absolute Gasteiger partial charge is 0.342 e. The number of benzene rings is 2. The lowest BCUT2D eigenvalue weighted by Gasteiger charge is -2.24. The minimum atomic E-state index is -0.690. The summed E-state index contributed by atoms with van der Waals surface area (Å²) in [5, 5.41) is 1.16. The normalized spacial score (nSPS) is 22.7. The Kier molecular flexibility index (Phi) is 4.91. The number of nitrogens with zero attached hydrogens (tertiary/aromatic N) is 3. The molecule has 2 aliphatic carbocycles. The molecule has 3 fully saturated rings. The number of hydrogen-bond acceptors (Lipinski definition) is 4. The standard InChI is InChI=1S/C29H28FN3O2S/c1-17-12-22-13-20(5-7-25(22)36-17)21-4-6-23(24(30)14-21)26-31-29(9-10-29)28(35)33(26)16-18-8-11-32(15-18)27(34)19-2-3-19/h4-7,12-14,18-19H,2-3,8-11,15-16H2,1H3. The van der Waals surface area contributed by atoms with Crippen molar-refractivity contribution in [1.82, 2.24) is 9.80 Å². The number of amides is 2. The maximum Gasteiger partial charge on any atom is 0.256 e. The van der Waals surface area contributed by atoms with Crippen LogP contribution in [0.2, 0.25) is 0 Å². The zero-order valence-electron chi connectivity index (χ0n) is 20.3. The van der Waals surface area contributed by atoms with E-state index >= 15 is 4.39 Å². The Labute approximate surface area is 213 Å². The number of hydrogen-bond donors (Lipinski definition) is 0. The molecular weight excluding hydrogens is 473 g/mol. The van der Waals surface area contributed by atoms with Gasteiger partial charge in [-0.3, -0.25) is 19.5 Å². The van der Waals surface area contributed by atoms with E-state index in [4.69, 9.17) is 4.99 Å². The third kappa shape index (κ3) is 3.67. The van der Waals surface area contributed by atoms with Gasteiger partial charge < -0.3 is 4.90 Å². The highest BCUT2D eigenvalue weighted by molar-refractivity contribution is 7.19. The summed E-state index contributed by atoms with van der Waals surface area (Å²) in [6.45, 7) is 4.00. The van der Waals surface area contributed by atoms with E-state index in [1.165, 1.54) is 9.58 Å². The number of aryl methyl sites for hydroxylation is 1. The van der Waals surface area contributed by atoms with Crippen LogP contribution < -0.4 is 0 Å². The summed E-state index contributed by atoms with van der Waals surface area (Å²) < 4.78 is 16.8. The molecule has 0 radical (unpaired) electrons. The van der Waals surface area contributed by atoms with Crippen LogP contribution in [0.5, 0.6) is 0 Å². The Balaban J connectivity index is 1.15. The van der Waals surface area contributed by atoms with E-state index in [1.807, 2.05) is 17.0 Å². The highest BCUT2D eigenvalue weighted by Gasteiger charge is 2.58. The Hall–Kier alpha value is -3.06. The van der Waals surface area contributed by atoms with Gasteiger partial charge in [0.05, 0.1) is 5.56 Å². The number of rotatable bonds is 5. The predicted molar refractivity (Wildman–Crippen MR) is 140 cm³/mol. The van der Waals surface area contributed by atoms with E-state index in [-0.39, 0.29) is 29.5 Å². The molecule has 3 heterocycles. The molecule has 2 aliphatic heterocycles. The zero-order chi connectivity index (χ0) is 24.6. The number of carbonyl (C=O) groups is 2. The second-order valence-corrected chi connectivity index (χ2v) is 12.2. The molecule has 1 aromatic heterocycles. The van der Waals surface area contributed by atoms with Crippen LogP contribution in [0, 0.1) is 24.6 Å². The molecule has 2 amide bonds. The molecular formula is C29H28FN3O2S. The number of carbonyl (C=O) groups excluding carboxylic acids is 2. The van der Waals surface area contributed by atoms with Gasteiger partial charge in [0.1, 0.15) is 17.2 Å². The van der Waals surface area contributed by atoms with Crippen LogP contribution in [-0.4, -0.2) is 52.6 Å². The average molecular weight is 502 g/mol. The number of likely N-dealkylation sites (tertiary alicyclic amines) is 1. The first-order chi connectivity index (χ1) is 17.4. The first-order valence-corrected chi connectivity index (χ1v) is 13.7. The van der Waals surface area contributed by atoms with Gasteiger partial charge in [0, 0.05) is 35.1 Å². The van der Waals surface area contributed by atoms with E-state index in [1.54, 1.807) is 28.4 Å². The Morgan fingerprint density at radius 2 is 1.89 bits per heavy atom. The summed E-state index contributed by atoms with van der Waals surface area (Å²) in [7, 11) is 0. The van der Waals surface area contributed by atoms with Crippen molar-refractivity contribution in [3.63, 3.8) is 0 Å². The van der Waals surface area contributed by atoms with Crippen LogP contribution in [-0.2, 0) is 9.59 Å². The summed E-state index contributed by atoms with van der Waals surface area (Å²) in [5.41, 5.74) is 1.47. The van der Waals surface area contributed by atoms with E-state index in [0.29, 0.717) is 24.5 Å². The Bertz CT molecular complexity index is 1450. The molecule has 4 aliphatic rings. The van der Waals surface area contributed by atoms with E-state index in [9.17, 15) is 9.59 Å². The fraction of sp³-hybridized carbons (Fsp3) is 0.414. The van der Waals surface area contributed by atoms with Crippen LogP contribution in [0.1, 0.15) is 42.5 Å². The first kappa shape index (κ1) is 22.2. The SMILES string of the molecule is Cc1cc2cc(-c3ccc(C4=NC5(CC5)C(=O)N4CC4CCN(C(=O)C5CC5)C4)c(F)c3)ccc2s1. The van der Waals surface area contributed by atoms with Crippen molar-refractivity contribution >= 4 is 39.1 Å². The molecule has 7 heteroatoms. The van der Waals surface area contributed by atoms with Crippen molar-refractivity contribution in [2.75, 3.05) is 19.6 Å². The number of amidine groups is 1. The van der Waals surface area contributed by atoms with Crippen LogP contribution in [0.3, 0.4) is 0 Å². The summed E-state index contributed by atoms with van der Waals surface area (Å²) in [5.74, 6) is 0.749. The van der Waals surface area contributed by atoms with Gasteiger partial charge >= 0.3 is 0 Å². The minimum absolute atomic E-state index is 0.00812. The lowest BCUT2D eigenvalue weighted by Crippen LogP contribution is -2.41. The van der Waals surface area contributed by atoms with E-state index < -0.39 is 5.54 Å². The molecule has 7 rings (SSSR count). The maximum absolute atomic E-state index is 15.6. The molecule has 5 nitrogen and oxygen atoms in total. The van der Waals surface area contributed by atoms with Crippen molar-refractivity contribution in [2.24, 2.45) is 16.8 Å². The van der Waals surface area contributed by atoms with Gasteiger partial charge in [-0.05, 0) is 91.8 Å².